The highest BCUT2D eigenvalue weighted by molar-refractivity contribution is 6.04. The number of nitrogens with zero attached hydrogens (tertiary/aromatic N) is 5. The highest BCUT2D eigenvalue weighted by Gasteiger charge is 2.29. The van der Waals surface area contributed by atoms with Crippen LogP contribution in [0.3, 0.4) is 0 Å². The quantitative estimate of drug-likeness (QED) is 0.189. The van der Waals surface area contributed by atoms with Gasteiger partial charge in [0, 0.05) is 49.6 Å². The van der Waals surface area contributed by atoms with E-state index in [1.165, 1.54) is 29.1 Å². The summed E-state index contributed by atoms with van der Waals surface area (Å²) in [6.07, 6.45) is 1.31. The number of halogens is 4. The molecule has 2 fully saturated rings. The first-order valence-corrected chi connectivity index (χ1v) is 14.1. The van der Waals surface area contributed by atoms with Crippen molar-refractivity contribution >= 4 is 11.7 Å². The molecule has 0 radical (unpaired) electrons. The molecule has 9 nitrogen and oxygen atoms in total. The molecule has 13 heteroatoms. The molecule has 0 spiro atoms. The lowest BCUT2D eigenvalue weighted by molar-refractivity contribution is -0.133. The van der Waals surface area contributed by atoms with Gasteiger partial charge in [-0.25, -0.2) is 9.37 Å². The average molecular weight is 596 g/mol. The van der Waals surface area contributed by atoms with Gasteiger partial charge in [-0.1, -0.05) is 6.07 Å². The number of hydrogen-bond acceptors (Lipinski definition) is 6. The smallest absolute Gasteiger partial charge is 0.317 e. The number of carbonyl (C=O) groups excluding carboxylic acids is 1. The molecule has 6 rings (SSSR count). The maximum atomic E-state index is 14.3. The van der Waals surface area contributed by atoms with Gasteiger partial charge < -0.3 is 19.8 Å². The second-order valence-corrected chi connectivity index (χ2v) is 11.1. The van der Waals surface area contributed by atoms with Gasteiger partial charge in [-0.15, -0.1) is 10.2 Å². The van der Waals surface area contributed by atoms with Crippen LogP contribution in [-0.4, -0.2) is 42.9 Å². The number of aryl methyl sites for hydroxylation is 1. The third-order valence-corrected chi connectivity index (χ3v) is 7.53. The van der Waals surface area contributed by atoms with Gasteiger partial charge in [0.25, 0.3) is 11.5 Å². The van der Waals surface area contributed by atoms with E-state index in [4.69, 9.17) is 0 Å². The van der Waals surface area contributed by atoms with Gasteiger partial charge in [-0.3, -0.25) is 9.59 Å². The molecule has 2 aliphatic rings. The van der Waals surface area contributed by atoms with Crippen molar-refractivity contribution in [2.24, 2.45) is 7.05 Å². The zero-order valence-electron chi connectivity index (χ0n) is 23.3. The van der Waals surface area contributed by atoms with Crippen molar-refractivity contribution in [3.05, 3.63) is 81.9 Å². The van der Waals surface area contributed by atoms with Crippen molar-refractivity contribution in [2.45, 2.75) is 56.8 Å². The van der Waals surface area contributed by atoms with Crippen LogP contribution in [0.5, 0.6) is 0 Å². The van der Waals surface area contributed by atoms with E-state index in [1.54, 1.807) is 29.9 Å². The fraction of sp³-hybridized carbons (Fsp3) is 0.367. The number of pyridine rings is 2. The summed E-state index contributed by atoms with van der Waals surface area (Å²) in [7, 11) is 1.76. The first-order valence-electron chi connectivity index (χ1n) is 14.1. The maximum Gasteiger partial charge on any atom is 0.390 e. The highest BCUT2D eigenvalue weighted by atomic mass is 19.4. The van der Waals surface area contributed by atoms with Gasteiger partial charge in [-0.2, -0.15) is 13.2 Å². The van der Waals surface area contributed by atoms with Crippen molar-refractivity contribution in [3.8, 4) is 22.5 Å². The number of nitrogens with one attached hydrogen (secondary N) is 2. The number of aromatic nitrogens is 5. The van der Waals surface area contributed by atoms with Crippen LogP contribution < -0.4 is 16.2 Å². The third kappa shape index (κ3) is 6.66. The highest BCUT2D eigenvalue weighted by Crippen LogP contribution is 2.42. The first-order chi connectivity index (χ1) is 20.6. The normalized spacial score (nSPS) is 15.1. The van der Waals surface area contributed by atoms with Gasteiger partial charge >= 0.3 is 6.18 Å². The van der Waals surface area contributed by atoms with E-state index in [0.717, 1.165) is 31.4 Å². The molecule has 3 heterocycles. The van der Waals surface area contributed by atoms with Gasteiger partial charge in [0.15, 0.2) is 5.82 Å². The minimum absolute atomic E-state index is 0.0467. The fourth-order valence-electron chi connectivity index (χ4n) is 5.03. The standard InChI is InChI=1S/C30H29F4N7O2/c1-40-16-36-39-27(40)23-13-20(31)4-7-22(23)19-11-25(18-2-3-18)37-26(12-19)38-28(42)24-10-17(14-35-9-8-30(32,33)34)15-41(29(24)43)21-5-6-21/h4,7,10-13,15-16,18,21,35H,2-3,5-6,8-9,14H2,1H3,(H,37,38,42). The van der Waals surface area contributed by atoms with E-state index < -0.39 is 29.9 Å². The van der Waals surface area contributed by atoms with Crippen molar-refractivity contribution in [1.29, 1.82) is 0 Å². The molecule has 0 aliphatic heterocycles. The van der Waals surface area contributed by atoms with Crippen molar-refractivity contribution in [3.63, 3.8) is 0 Å². The molecule has 1 aromatic carbocycles. The van der Waals surface area contributed by atoms with E-state index >= 15 is 0 Å². The number of anilines is 1. The Labute approximate surface area is 244 Å². The second kappa shape index (κ2) is 11.4. The van der Waals surface area contributed by atoms with Crippen LogP contribution in [0, 0.1) is 5.82 Å². The lowest BCUT2D eigenvalue weighted by Crippen LogP contribution is -2.30. The molecule has 43 heavy (non-hydrogen) atoms. The van der Waals surface area contributed by atoms with Crippen molar-refractivity contribution in [2.75, 3.05) is 11.9 Å². The Bertz CT molecular complexity index is 1740. The summed E-state index contributed by atoms with van der Waals surface area (Å²) >= 11 is 0. The SMILES string of the molecule is Cn1cnnc1-c1cc(F)ccc1-c1cc(NC(=O)c2cc(CNCCC(F)(F)F)cn(C3CC3)c2=O)nc(C2CC2)c1. The van der Waals surface area contributed by atoms with Crippen LogP contribution in [0.15, 0.2) is 53.7 Å². The molecule has 2 N–H and O–H groups in total. The van der Waals surface area contributed by atoms with Gasteiger partial charge in [0.1, 0.15) is 23.5 Å². The lowest BCUT2D eigenvalue weighted by atomic mass is 9.98. The zero-order valence-corrected chi connectivity index (χ0v) is 23.3. The second-order valence-electron chi connectivity index (χ2n) is 11.1. The van der Waals surface area contributed by atoms with Crippen LogP contribution in [0.25, 0.3) is 22.5 Å². The van der Waals surface area contributed by atoms with Gasteiger partial charge in [-0.05, 0) is 72.7 Å². The molecule has 0 bridgehead atoms. The number of hydrogen-bond donors (Lipinski definition) is 2. The summed E-state index contributed by atoms with van der Waals surface area (Å²) in [5, 5.41) is 13.6. The van der Waals surface area contributed by atoms with E-state index in [1.807, 2.05) is 6.07 Å². The minimum Gasteiger partial charge on any atom is -0.317 e. The zero-order chi connectivity index (χ0) is 30.3. The fourth-order valence-corrected chi connectivity index (χ4v) is 5.03. The predicted octanol–water partition coefficient (Wildman–Crippen LogP) is 5.35. The Balaban J connectivity index is 1.32. The summed E-state index contributed by atoms with van der Waals surface area (Å²) in [6.45, 7) is -0.216. The molecule has 224 valence electrons. The summed E-state index contributed by atoms with van der Waals surface area (Å²) < 4.78 is 55.2. The lowest BCUT2D eigenvalue weighted by Gasteiger charge is -2.15. The molecule has 0 atom stereocenters. The monoisotopic (exact) mass is 595 g/mol. The van der Waals surface area contributed by atoms with E-state index in [9.17, 15) is 27.2 Å². The van der Waals surface area contributed by atoms with E-state index in [2.05, 4.69) is 25.8 Å². The van der Waals surface area contributed by atoms with Crippen LogP contribution in [0.1, 0.15) is 65.7 Å². The summed E-state index contributed by atoms with van der Waals surface area (Å²) in [6, 6.07) is 9.31. The summed E-state index contributed by atoms with van der Waals surface area (Å²) in [5.74, 6) is -0.204. The topological polar surface area (TPSA) is 107 Å². The number of benzene rings is 1. The molecule has 2 saturated carbocycles. The Morgan fingerprint density at radius 3 is 2.53 bits per heavy atom. The van der Waals surface area contributed by atoms with E-state index in [0.29, 0.717) is 28.1 Å². The van der Waals surface area contributed by atoms with Crippen LogP contribution in [0.2, 0.25) is 0 Å². The van der Waals surface area contributed by atoms with Crippen molar-refractivity contribution < 1.29 is 22.4 Å². The average Bonchev–Trinajstić information content (AvgIpc) is 3.89. The molecule has 4 aromatic rings. The maximum absolute atomic E-state index is 14.3. The molecular weight excluding hydrogens is 566 g/mol. The molecular formula is C30H29F4N7O2. The Morgan fingerprint density at radius 1 is 1.07 bits per heavy atom. The largest absolute Gasteiger partial charge is 0.390 e. The molecule has 3 aromatic heterocycles. The van der Waals surface area contributed by atoms with Gasteiger partial charge in [0.2, 0.25) is 0 Å². The molecule has 2 aliphatic carbocycles. The molecule has 0 unspecified atom stereocenters. The number of rotatable bonds is 10. The predicted molar refractivity (Wildman–Crippen MR) is 151 cm³/mol. The van der Waals surface area contributed by atoms with Crippen LogP contribution in [-0.2, 0) is 13.6 Å². The first kappa shape index (κ1) is 28.7. The number of alkyl halides is 3. The molecule has 0 saturated heterocycles. The number of carbonyl (C=O) groups is 1. The van der Waals surface area contributed by atoms with E-state index in [-0.39, 0.29) is 36.4 Å². The Hall–Kier alpha value is -4.39. The minimum atomic E-state index is -4.28. The third-order valence-electron chi connectivity index (χ3n) is 7.53. The van der Waals surface area contributed by atoms with Crippen molar-refractivity contribution in [1.82, 2.24) is 29.6 Å². The Kier molecular flexibility index (Phi) is 7.59. The summed E-state index contributed by atoms with van der Waals surface area (Å²) in [4.78, 5) is 31.5. The number of amides is 1. The molecule has 1 amide bonds. The van der Waals surface area contributed by atoms with Gasteiger partial charge in [0.05, 0.1) is 6.42 Å². The van der Waals surface area contributed by atoms with Crippen LogP contribution in [0.4, 0.5) is 23.4 Å². The Morgan fingerprint density at radius 2 is 1.86 bits per heavy atom. The van der Waals surface area contributed by atoms with Crippen LogP contribution >= 0.6 is 0 Å². The summed E-state index contributed by atoms with van der Waals surface area (Å²) in [5.41, 5.74) is 2.56.